The zero-order valence-electron chi connectivity index (χ0n) is 17.9. The molecule has 0 N–H and O–H groups in total. The molecule has 7 nitrogen and oxygen atoms in total. The van der Waals surface area contributed by atoms with Crippen molar-refractivity contribution in [1.82, 2.24) is 19.5 Å². The number of sulfone groups is 1. The van der Waals surface area contributed by atoms with Crippen LogP contribution in [0.3, 0.4) is 0 Å². The van der Waals surface area contributed by atoms with Crippen LogP contribution in [0.1, 0.15) is 38.6 Å². The average Bonchev–Trinajstić information content (AvgIpc) is 3.23. The van der Waals surface area contributed by atoms with Gasteiger partial charge in [-0.15, -0.1) is 0 Å². The van der Waals surface area contributed by atoms with Gasteiger partial charge in [0, 0.05) is 24.6 Å². The highest BCUT2D eigenvalue weighted by Crippen LogP contribution is 2.34. The summed E-state index contributed by atoms with van der Waals surface area (Å²) in [4.78, 5) is 15.5. The number of anilines is 1. The second kappa shape index (κ2) is 7.22. The maximum atomic E-state index is 13.9. The summed E-state index contributed by atoms with van der Waals surface area (Å²) < 4.78 is 53.9. The van der Waals surface area contributed by atoms with Crippen molar-refractivity contribution >= 4 is 26.8 Å². The van der Waals surface area contributed by atoms with Gasteiger partial charge in [-0.05, 0) is 11.6 Å². The lowest BCUT2D eigenvalue weighted by Crippen LogP contribution is -2.27. The summed E-state index contributed by atoms with van der Waals surface area (Å²) in [6.07, 6.45) is 2.50. The van der Waals surface area contributed by atoms with Gasteiger partial charge >= 0.3 is 0 Å². The van der Waals surface area contributed by atoms with E-state index in [1.165, 1.54) is 6.26 Å². The minimum Gasteiger partial charge on any atom is -0.348 e. The van der Waals surface area contributed by atoms with Crippen molar-refractivity contribution in [1.29, 1.82) is 0 Å². The van der Waals surface area contributed by atoms with Crippen LogP contribution in [0.5, 0.6) is 0 Å². The third kappa shape index (κ3) is 4.26. The Morgan fingerprint density at radius 2 is 1.87 bits per heavy atom. The molecule has 0 unspecified atom stereocenters. The lowest BCUT2D eigenvalue weighted by Gasteiger charge is -2.22. The molecule has 0 atom stereocenters. The van der Waals surface area contributed by atoms with Gasteiger partial charge in [0.2, 0.25) is 0 Å². The van der Waals surface area contributed by atoms with Crippen molar-refractivity contribution in [3.05, 3.63) is 42.0 Å². The predicted octanol–water partition coefficient (Wildman–Crippen LogP) is 3.42. The van der Waals surface area contributed by atoms with Gasteiger partial charge in [-0.25, -0.2) is 32.2 Å². The van der Waals surface area contributed by atoms with E-state index in [9.17, 15) is 17.2 Å². The Labute approximate surface area is 180 Å². The SMILES string of the molecule is CC(C)(C)c1nc(N2CCC(F)(F)C2)c2ncn(Cc3ccccc3S(C)(=O)=O)c2n1. The molecule has 1 aromatic carbocycles. The quantitative estimate of drug-likeness (QED) is 0.607. The minimum atomic E-state index is -3.41. The van der Waals surface area contributed by atoms with Gasteiger partial charge in [0.1, 0.15) is 5.82 Å². The fourth-order valence-electron chi connectivity index (χ4n) is 3.70. The average molecular weight is 450 g/mol. The number of fused-ring (bicyclic) bond motifs is 1. The highest BCUT2D eigenvalue weighted by atomic mass is 32.2. The van der Waals surface area contributed by atoms with Crippen molar-refractivity contribution < 1.29 is 17.2 Å². The molecule has 1 fully saturated rings. The van der Waals surface area contributed by atoms with E-state index in [0.717, 1.165) is 0 Å². The highest BCUT2D eigenvalue weighted by Gasteiger charge is 2.40. The second-order valence-electron chi connectivity index (χ2n) is 9.07. The van der Waals surface area contributed by atoms with Crippen LogP contribution in [0.4, 0.5) is 14.6 Å². The number of halogens is 2. The molecular formula is C21H25F2N5O2S. The molecule has 0 amide bonds. The van der Waals surface area contributed by atoms with E-state index < -0.39 is 27.7 Å². The molecule has 4 rings (SSSR count). The molecule has 0 saturated carbocycles. The Morgan fingerprint density at radius 1 is 1.16 bits per heavy atom. The van der Waals surface area contributed by atoms with Crippen molar-refractivity contribution in [3.63, 3.8) is 0 Å². The van der Waals surface area contributed by atoms with E-state index in [-0.39, 0.29) is 24.4 Å². The topological polar surface area (TPSA) is 81.0 Å². The summed E-state index contributed by atoms with van der Waals surface area (Å²) in [5, 5.41) is 0. The number of nitrogens with zero attached hydrogens (tertiary/aromatic N) is 5. The van der Waals surface area contributed by atoms with Crippen molar-refractivity contribution in [3.8, 4) is 0 Å². The van der Waals surface area contributed by atoms with E-state index in [4.69, 9.17) is 0 Å². The summed E-state index contributed by atoms with van der Waals surface area (Å²) in [5.74, 6) is -1.86. The monoisotopic (exact) mass is 449 g/mol. The molecule has 0 radical (unpaired) electrons. The number of hydrogen-bond acceptors (Lipinski definition) is 6. The molecule has 0 aliphatic carbocycles. The van der Waals surface area contributed by atoms with Gasteiger partial charge < -0.3 is 9.47 Å². The summed E-state index contributed by atoms with van der Waals surface area (Å²) in [6, 6.07) is 6.76. The molecule has 3 aromatic rings. The molecule has 10 heteroatoms. The van der Waals surface area contributed by atoms with Crippen LogP contribution in [0.25, 0.3) is 11.2 Å². The maximum Gasteiger partial charge on any atom is 0.266 e. The van der Waals surface area contributed by atoms with E-state index >= 15 is 0 Å². The number of rotatable bonds is 4. The van der Waals surface area contributed by atoms with E-state index in [2.05, 4.69) is 15.0 Å². The first-order valence-electron chi connectivity index (χ1n) is 9.99. The summed E-state index contributed by atoms with van der Waals surface area (Å²) >= 11 is 0. The van der Waals surface area contributed by atoms with Crippen LogP contribution < -0.4 is 4.90 Å². The third-order valence-corrected chi connectivity index (χ3v) is 6.50. The van der Waals surface area contributed by atoms with Crippen LogP contribution in [-0.2, 0) is 21.8 Å². The Bertz CT molecular complexity index is 1250. The summed E-state index contributed by atoms with van der Waals surface area (Å²) in [5.41, 5.74) is 1.12. The molecule has 2 aromatic heterocycles. The molecule has 0 bridgehead atoms. The Kier molecular flexibility index (Phi) is 5.03. The molecule has 0 spiro atoms. The second-order valence-corrected chi connectivity index (χ2v) is 11.1. The zero-order valence-corrected chi connectivity index (χ0v) is 18.7. The van der Waals surface area contributed by atoms with Gasteiger partial charge in [0.25, 0.3) is 5.92 Å². The minimum absolute atomic E-state index is 0.187. The highest BCUT2D eigenvalue weighted by molar-refractivity contribution is 7.90. The van der Waals surface area contributed by atoms with Crippen molar-refractivity contribution in [2.24, 2.45) is 0 Å². The maximum absolute atomic E-state index is 13.9. The van der Waals surface area contributed by atoms with Gasteiger partial charge in [0.15, 0.2) is 26.8 Å². The molecule has 166 valence electrons. The van der Waals surface area contributed by atoms with Crippen LogP contribution in [-0.4, -0.2) is 53.2 Å². The fourth-order valence-corrected chi connectivity index (χ4v) is 4.63. The summed E-state index contributed by atoms with van der Waals surface area (Å²) in [7, 11) is -3.41. The normalized spacial score (nSPS) is 16.9. The lowest BCUT2D eigenvalue weighted by atomic mass is 9.96. The Hall–Kier alpha value is -2.62. The number of benzene rings is 1. The first-order valence-corrected chi connectivity index (χ1v) is 11.9. The number of hydrogen-bond donors (Lipinski definition) is 0. The van der Waals surface area contributed by atoms with Crippen LogP contribution in [0, 0.1) is 0 Å². The predicted molar refractivity (Wildman–Crippen MR) is 114 cm³/mol. The largest absolute Gasteiger partial charge is 0.348 e. The van der Waals surface area contributed by atoms with Crippen molar-refractivity contribution in [2.45, 2.75) is 50.0 Å². The third-order valence-electron chi connectivity index (χ3n) is 5.30. The lowest BCUT2D eigenvalue weighted by molar-refractivity contribution is 0.0257. The Morgan fingerprint density at radius 3 is 2.48 bits per heavy atom. The molecule has 3 heterocycles. The van der Waals surface area contributed by atoms with E-state index in [1.807, 2.05) is 20.8 Å². The van der Waals surface area contributed by atoms with E-state index in [0.29, 0.717) is 28.4 Å². The number of imidazole rings is 1. The Balaban J connectivity index is 1.85. The molecule has 1 aliphatic rings. The molecule has 1 saturated heterocycles. The molecule has 1 aliphatic heterocycles. The fraction of sp³-hybridized carbons (Fsp3) is 0.476. The van der Waals surface area contributed by atoms with Crippen LogP contribution >= 0.6 is 0 Å². The van der Waals surface area contributed by atoms with Gasteiger partial charge in [0.05, 0.1) is 24.3 Å². The molecule has 31 heavy (non-hydrogen) atoms. The first kappa shape index (κ1) is 21.6. The van der Waals surface area contributed by atoms with Crippen LogP contribution in [0.2, 0.25) is 0 Å². The van der Waals surface area contributed by atoms with Crippen LogP contribution in [0.15, 0.2) is 35.5 Å². The van der Waals surface area contributed by atoms with Gasteiger partial charge in [-0.3, -0.25) is 0 Å². The van der Waals surface area contributed by atoms with E-state index in [1.54, 1.807) is 40.1 Å². The standard InChI is InChI=1S/C21H25F2N5O2S/c1-20(2,3)19-25-17(27-10-9-21(22,23)12-27)16-18(26-19)28(13-24-16)11-14-7-5-6-8-15(14)31(4,29)30/h5-8,13H,9-12H2,1-4H3. The smallest absolute Gasteiger partial charge is 0.266 e. The number of alkyl halides is 2. The summed E-state index contributed by atoms with van der Waals surface area (Å²) in [6.45, 7) is 5.87. The van der Waals surface area contributed by atoms with Gasteiger partial charge in [-0.2, -0.15) is 0 Å². The van der Waals surface area contributed by atoms with Crippen molar-refractivity contribution in [2.75, 3.05) is 24.2 Å². The first-order chi connectivity index (χ1) is 14.4. The van der Waals surface area contributed by atoms with Gasteiger partial charge in [-0.1, -0.05) is 39.0 Å². The molecular weight excluding hydrogens is 424 g/mol. The number of aromatic nitrogens is 4. The zero-order chi connectivity index (χ0) is 22.6.